The van der Waals surface area contributed by atoms with E-state index >= 15 is 0 Å². The summed E-state index contributed by atoms with van der Waals surface area (Å²) < 4.78 is 18.6. The number of hydrogen-bond donors (Lipinski definition) is 0. The fourth-order valence-electron chi connectivity index (χ4n) is 3.81. The van der Waals surface area contributed by atoms with E-state index in [1.165, 1.54) is 31.2 Å². The Bertz CT molecular complexity index is 1010. The van der Waals surface area contributed by atoms with E-state index in [0.29, 0.717) is 19.6 Å². The van der Waals surface area contributed by atoms with Gasteiger partial charge >= 0.3 is 5.69 Å². The summed E-state index contributed by atoms with van der Waals surface area (Å²) >= 11 is 0. The van der Waals surface area contributed by atoms with Crippen molar-refractivity contribution < 1.29 is 23.6 Å². The van der Waals surface area contributed by atoms with Crippen LogP contribution in [0.1, 0.15) is 36.7 Å². The van der Waals surface area contributed by atoms with Crippen molar-refractivity contribution in [2.45, 2.75) is 39.4 Å². The Morgan fingerprint density at radius 3 is 2.44 bits per heavy atom. The molecule has 0 bridgehead atoms. The molecule has 1 saturated heterocycles. The second kappa shape index (κ2) is 9.86. The van der Waals surface area contributed by atoms with E-state index in [2.05, 4.69) is 4.90 Å². The maximum Gasteiger partial charge on any atom is 0.311 e. The van der Waals surface area contributed by atoms with Gasteiger partial charge < -0.3 is 9.64 Å². The van der Waals surface area contributed by atoms with Gasteiger partial charge in [-0.05, 0) is 50.6 Å². The predicted octanol–water partition coefficient (Wildman–Crippen LogP) is 3.44. The molecule has 2 atom stereocenters. The van der Waals surface area contributed by atoms with Gasteiger partial charge in [-0.3, -0.25) is 24.6 Å². The van der Waals surface area contributed by atoms with Crippen LogP contribution < -0.4 is 4.74 Å². The third-order valence-corrected chi connectivity index (χ3v) is 5.65. The molecule has 0 aliphatic carbocycles. The number of nitro benzene ring substituents is 1. The third-order valence-electron chi connectivity index (χ3n) is 5.65. The normalized spacial score (nSPS) is 18.9. The van der Waals surface area contributed by atoms with Crippen LogP contribution in [-0.4, -0.2) is 58.2 Å². The van der Waals surface area contributed by atoms with Gasteiger partial charge in [-0.15, -0.1) is 0 Å². The van der Waals surface area contributed by atoms with E-state index < -0.39 is 4.92 Å². The Morgan fingerprint density at radius 2 is 1.81 bits per heavy atom. The highest BCUT2D eigenvalue weighted by molar-refractivity contribution is 5.95. The molecule has 1 fully saturated rings. The lowest BCUT2D eigenvalue weighted by Crippen LogP contribution is -2.58. The van der Waals surface area contributed by atoms with Crippen LogP contribution in [0, 0.1) is 15.9 Å². The Kier molecular flexibility index (Phi) is 7.19. The molecule has 0 radical (unpaired) electrons. The fraction of sp³-hybridized carbons (Fsp3) is 0.391. The van der Waals surface area contributed by atoms with Crippen LogP contribution in [0.4, 0.5) is 10.1 Å². The van der Waals surface area contributed by atoms with Gasteiger partial charge in [0.2, 0.25) is 0 Å². The SMILES string of the molecule is CC(=O)c1ccc(OCC(=O)N2C[C@H](C)N(Cc3ccc(F)cc3)C[C@H]2C)c([N+](=O)[O-])c1. The summed E-state index contributed by atoms with van der Waals surface area (Å²) in [7, 11) is 0. The average molecular weight is 443 g/mol. The topological polar surface area (TPSA) is 93.0 Å². The zero-order chi connectivity index (χ0) is 23.4. The first-order chi connectivity index (χ1) is 15.2. The molecule has 32 heavy (non-hydrogen) atoms. The summed E-state index contributed by atoms with van der Waals surface area (Å²) in [5.41, 5.74) is 0.848. The molecule has 0 saturated carbocycles. The summed E-state index contributed by atoms with van der Waals surface area (Å²) in [4.78, 5) is 38.9. The van der Waals surface area contributed by atoms with E-state index in [0.717, 1.165) is 11.6 Å². The van der Waals surface area contributed by atoms with E-state index in [1.54, 1.807) is 17.0 Å². The monoisotopic (exact) mass is 443 g/mol. The molecule has 0 unspecified atom stereocenters. The first-order valence-electron chi connectivity index (χ1n) is 10.4. The van der Waals surface area contributed by atoms with Crippen LogP contribution in [-0.2, 0) is 11.3 Å². The minimum Gasteiger partial charge on any atom is -0.477 e. The summed E-state index contributed by atoms with van der Waals surface area (Å²) in [6, 6.07) is 10.3. The molecule has 0 spiro atoms. The van der Waals surface area contributed by atoms with Crippen molar-refractivity contribution >= 4 is 17.4 Å². The van der Waals surface area contributed by atoms with Gasteiger partial charge in [-0.1, -0.05) is 12.1 Å². The zero-order valence-corrected chi connectivity index (χ0v) is 18.3. The number of halogens is 1. The molecule has 2 aromatic rings. The highest BCUT2D eigenvalue weighted by Gasteiger charge is 2.32. The van der Waals surface area contributed by atoms with Gasteiger partial charge in [0.05, 0.1) is 4.92 Å². The summed E-state index contributed by atoms with van der Waals surface area (Å²) in [6.45, 7) is 6.71. The number of nitrogens with zero attached hydrogens (tertiary/aromatic N) is 3. The molecular weight excluding hydrogens is 417 g/mol. The van der Waals surface area contributed by atoms with Gasteiger partial charge in [-0.25, -0.2) is 4.39 Å². The average Bonchev–Trinajstić information content (AvgIpc) is 2.75. The number of carbonyl (C=O) groups is 2. The van der Waals surface area contributed by atoms with Gasteiger partial charge in [-0.2, -0.15) is 0 Å². The quantitative estimate of drug-likeness (QED) is 0.370. The Hall–Kier alpha value is -3.33. The number of Topliss-reactive ketones (excluding diaryl/α,β-unsaturated/α-hetero) is 1. The standard InChI is InChI=1S/C23H26FN3O5/c1-15-12-26(16(2)11-25(15)13-18-4-7-20(24)8-5-18)23(29)14-32-22-9-6-19(17(3)28)10-21(22)27(30)31/h4-10,15-16H,11-14H2,1-3H3/t15-,16+/m0/s1. The lowest BCUT2D eigenvalue weighted by molar-refractivity contribution is -0.385. The number of carbonyl (C=O) groups excluding carboxylic acids is 2. The molecule has 170 valence electrons. The molecule has 2 aromatic carbocycles. The van der Waals surface area contributed by atoms with E-state index in [9.17, 15) is 24.1 Å². The highest BCUT2D eigenvalue weighted by Crippen LogP contribution is 2.28. The maximum absolute atomic E-state index is 13.1. The van der Waals surface area contributed by atoms with E-state index in [-0.39, 0.29) is 53.2 Å². The number of amides is 1. The predicted molar refractivity (Wildman–Crippen MR) is 116 cm³/mol. The molecule has 3 rings (SSSR count). The minimum absolute atomic E-state index is 0.0519. The molecule has 0 aromatic heterocycles. The number of nitro groups is 1. The summed E-state index contributed by atoms with van der Waals surface area (Å²) in [5, 5.41) is 11.3. The third kappa shape index (κ3) is 5.47. The number of piperazine rings is 1. The lowest BCUT2D eigenvalue weighted by atomic mass is 10.1. The van der Waals surface area contributed by atoms with Crippen LogP contribution in [0.2, 0.25) is 0 Å². The number of ketones is 1. The second-order valence-electron chi connectivity index (χ2n) is 8.08. The van der Waals surface area contributed by atoms with Crippen molar-refractivity contribution in [1.29, 1.82) is 0 Å². The van der Waals surface area contributed by atoms with Gasteiger partial charge in [0.1, 0.15) is 5.82 Å². The fourth-order valence-corrected chi connectivity index (χ4v) is 3.81. The molecular formula is C23H26FN3O5. The van der Waals surface area contributed by atoms with Crippen molar-refractivity contribution in [1.82, 2.24) is 9.80 Å². The molecule has 1 aliphatic rings. The van der Waals surface area contributed by atoms with Crippen molar-refractivity contribution in [3.8, 4) is 5.75 Å². The second-order valence-corrected chi connectivity index (χ2v) is 8.08. The van der Waals surface area contributed by atoms with Crippen LogP contribution in [0.3, 0.4) is 0 Å². The van der Waals surface area contributed by atoms with Gasteiger partial charge in [0.15, 0.2) is 18.1 Å². The van der Waals surface area contributed by atoms with Crippen molar-refractivity contribution in [2.24, 2.45) is 0 Å². The summed E-state index contributed by atoms with van der Waals surface area (Å²) in [5.74, 6) is -0.890. The Morgan fingerprint density at radius 1 is 1.12 bits per heavy atom. The zero-order valence-electron chi connectivity index (χ0n) is 18.3. The number of rotatable bonds is 7. The maximum atomic E-state index is 13.1. The molecule has 1 amide bonds. The van der Waals surface area contributed by atoms with Gasteiger partial charge in [0.25, 0.3) is 5.91 Å². The largest absolute Gasteiger partial charge is 0.477 e. The van der Waals surface area contributed by atoms with E-state index in [4.69, 9.17) is 4.74 Å². The minimum atomic E-state index is -0.634. The lowest BCUT2D eigenvalue weighted by Gasteiger charge is -2.44. The van der Waals surface area contributed by atoms with Crippen molar-refractivity contribution in [2.75, 3.05) is 19.7 Å². The first kappa shape index (κ1) is 23.3. The smallest absolute Gasteiger partial charge is 0.311 e. The van der Waals surface area contributed by atoms with E-state index in [1.807, 2.05) is 13.8 Å². The highest BCUT2D eigenvalue weighted by atomic mass is 19.1. The molecule has 1 aliphatic heterocycles. The molecule has 8 nitrogen and oxygen atoms in total. The number of benzene rings is 2. The molecule has 1 heterocycles. The number of hydrogen-bond acceptors (Lipinski definition) is 6. The van der Waals surface area contributed by atoms with Crippen LogP contribution in [0.15, 0.2) is 42.5 Å². The Balaban J connectivity index is 1.62. The van der Waals surface area contributed by atoms with Crippen LogP contribution >= 0.6 is 0 Å². The molecule has 0 N–H and O–H groups in total. The number of ether oxygens (including phenoxy) is 1. The van der Waals surface area contributed by atoms with Gasteiger partial charge in [0, 0.05) is 43.3 Å². The Labute approximate surface area is 185 Å². The van der Waals surface area contributed by atoms with Crippen molar-refractivity contribution in [3.63, 3.8) is 0 Å². The first-order valence-corrected chi connectivity index (χ1v) is 10.4. The molecule has 9 heteroatoms. The van der Waals surface area contributed by atoms with Crippen LogP contribution in [0.5, 0.6) is 5.75 Å². The van der Waals surface area contributed by atoms with Crippen molar-refractivity contribution in [3.05, 3.63) is 69.5 Å². The van der Waals surface area contributed by atoms with Crippen LogP contribution in [0.25, 0.3) is 0 Å². The summed E-state index contributed by atoms with van der Waals surface area (Å²) in [6.07, 6.45) is 0.